The van der Waals surface area contributed by atoms with E-state index in [1.165, 1.54) is 6.07 Å². The lowest BCUT2D eigenvalue weighted by molar-refractivity contribution is -0.154. The summed E-state index contributed by atoms with van der Waals surface area (Å²) in [6.07, 6.45) is 1.50. The van der Waals surface area contributed by atoms with Gasteiger partial charge in [-0.05, 0) is 62.6 Å². The Hall–Kier alpha value is -4.78. The second-order valence-corrected chi connectivity index (χ2v) is 22.9. The van der Waals surface area contributed by atoms with E-state index >= 15 is 9.18 Å². The molecule has 10 nitrogen and oxygen atoms in total. The highest BCUT2D eigenvalue weighted by Gasteiger charge is 2.69. The summed E-state index contributed by atoms with van der Waals surface area (Å²) in [5.41, 5.74) is 4.14. The van der Waals surface area contributed by atoms with E-state index in [1.54, 1.807) is 25.9 Å². The van der Waals surface area contributed by atoms with E-state index in [-0.39, 0.29) is 41.9 Å². The first-order chi connectivity index (χ1) is 27.2. The molecule has 0 bridgehead atoms. The molecule has 58 heavy (non-hydrogen) atoms. The number of aliphatic hydroxyl groups excluding tert-OH is 2. The molecular formula is C46H58FN3O7Si. The van der Waals surface area contributed by atoms with Crippen molar-refractivity contribution in [1.82, 2.24) is 4.90 Å². The van der Waals surface area contributed by atoms with Crippen molar-refractivity contribution in [3.8, 4) is 5.75 Å². The first kappa shape index (κ1) is 42.8. The van der Waals surface area contributed by atoms with Crippen molar-refractivity contribution in [3.05, 3.63) is 112 Å². The number of carbonyl (C=O) groups is 3. The second-order valence-electron chi connectivity index (χ2n) is 18.1. The number of likely N-dealkylation sites (N-methyl/N-ethyl adjacent to an activating group) is 1. The summed E-state index contributed by atoms with van der Waals surface area (Å²) in [5, 5.41) is 24.5. The Kier molecular flexibility index (Phi) is 11.6. The molecule has 1 amide bonds. The van der Waals surface area contributed by atoms with E-state index in [0.29, 0.717) is 25.2 Å². The number of ketones is 2. The third-order valence-corrected chi connectivity index (χ3v) is 17.2. The number of ether oxygens (including phenoxy) is 1. The number of amides is 1. The predicted octanol–water partition coefficient (Wildman–Crippen LogP) is 8.20. The summed E-state index contributed by atoms with van der Waals surface area (Å²) >= 11 is 0. The number of anilines is 1. The molecular weight excluding hydrogens is 754 g/mol. The van der Waals surface area contributed by atoms with Crippen LogP contribution in [0.4, 0.5) is 10.1 Å². The number of rotatable bonds is 13. The Balaban J connectivity index is 1.66. The van der Waals surface area contributed by atoms with Gasteiger partial charge in [0.1, 0.15) is 22.9 Å². The van der Waals surface area contributed by atoms with Gasteiger partial charge in [-0.15, -0.1) is 0 Å². The Morgan fingerprint density at radius 2 is 1.57 bits per heavy atom. The summed E-state index contributed by atoms with van der Waals surface area (Å²) < 4.78 is 30.7. The summed E-state index contributed by atoms with van der Waals surface area (Å²) in [6, 6.07) is 19.9. The Labute approximate surface area is 342 Å². The van der Waals surface area contributed by atoms with Gasteiger partial charge in [0.2, 0.25) is 5.78 Å². The van der Waals surface area contributed by atoms with Gasteiger partial charge in [-0.2, -0.15) is 0 Å². The molecule has 1 fully saturated rings. The molecule has 0 unspecified atom stereocenters. The van der Waals surface area contributed by atoms with Crippen LogP contribution < -0.4 is 15.4 Å². The van der Waals surface area contributed by atoms with Crippen LogP contribution in [-0.2, 0) is 38.3 Å². The quantitative estimate of drug-likeness (QED) is 0.0885. The number of benzene rings is 3. The normalized spacial score (nSPS) is 23.4. The maximum atomic E-state index is 17.1. The molecule has 4 N–H and O–H groups in total. The smallest absolute Gasteiger partial charge is 0.255 e. The SMILES string of the molecule is CCCCOc1c(N(Cc2ccccc2)Cc2ccccc2)cc(F)c2c1C(O)=C1C(=O)[C@]3(O[Si](C)(C)C(C)(C)C)C(O)=C(C(N)=O)C(=O)[C@@H](N(C)C)[C@@H]3C[C@]1(C)C2. The lowest BCUT2D eigenvalue weighted by Gasteiger charge is -2.58. The van der Waals surface area contributed by atoms with Gasteiger partial charge in [0.25, 0.3) is 5.91 Å². The van der Waals surface area contributed by atoms with Crippen LogP contribution in [-0.4, -0.2) is 73.2 Å². The lowest BCUT2D eigenvalue weighted by atomic mass is 9.52. The molecule has 0 saturated heterocycles. The van der Waals surface area contributed by atoms with E-state index in [0.717, 1.165) is 17.5 Å². The maximum absolute atomic E-state index is 17.1. The Morgan fingerprint density at radius 1 is 1.00 bits per heavy atom. The van der Waals surface area contributed by atoms with Gasteiger partial charge in [0.05, 0.1) is 23.9 Å². The number of Topliss-reactive ketones (excluding diaryl/α,β-unsaturated/α-hetero) is 2. The molecule has 3 aliphatic rings. The average molecular weight is 812 g/mol. The van der Waals surface area contributed by atoms with Gasteiger partial charge in [-0.3, -0.25) is 19.3 Å². The highest BCUT2D eigenvalue weighted by atomic mass is 28.4. The maximum Gasteiger partial charge on any atom is 0.255 e. The van der Waals surface area contributed by atoms with Crippen LogP contribution in [0.1, 0.15) is 76.1 Å². The summed E-state index contributed by atoms with van der Waals surface area (Å²) in [4.78, 5) is 46.6. The van der Waals surface area contributed by atoms with Crippen molar-refractivity contribution in [1.29, 1.82) is 0 Å². The van der Waals surface area contributed by atoms with E-state index in [2.05, 4.69) is 0 Å². The number of hydrogen-bond donors (Lipinski definition) is 3. The predicted molar refractivity (Wildman–Crippen MR) is 226 cm³/mol. The van der Waals surface area contributed by atoms with Crippen LogP contribution in [0.3, 0.4) is 0 Å². The molecule has 1 saturated carbocycles. The minimum absolute atomic E-state index is 0.0186. The first-order valence-corrected chi connectivity index (χ1v) is 23.0. The zero-order chi connectivity index (χ0) is 42.5. The standard InChI is InChI=1S/C46H58FN3O7Si/c1-10-11-22-56-40-33(50(26-28-18-14-12-15-19-28)27-29-20-16-13-17-21-29)23-32(47)30-24-45(5)25-31-37(49(6)7)39(52)35(43(48)55)41(53)46(31,57-58(8,9)44(2,3)4)42(54)36(45)38(51)34(30)40/h12-21,23,31,37,51,53H,10-11,22,24-27H2,1-9H3,(H2,48,55)/t31-,37-,45-,46+/m0/s1. The van der Waals surface area contributed by atoms with E-state index < -0.39 is 76.7 Å². The van der Waals surface area contributed by atoms with Gasteiger partial charge >= 0.3 is 0 Å². The van der Waals surface area contributed by atoms with Crippen LogP contribution in [0.2, 0.25) is 18.1 Å². The highest BCUT2D eigenvalue weighted by Crippen LogP contribution is 2.61. The number of hydrogen-bond acceptors (Lipinski definition) is 9. The van der Waals surface area contributed by atoms with E-state index in [1.807, 2.05) is 106 Å². The van der Waals surface area contributed by atoms with Crippen LogP contribution in [0.5, 0.6) is 5.75 Å². The third kappa shape index (κ3) is 7.28. The monoisotopic (exact) mass is 811 g/mol. The fourth-order valence-electron chi connectivity index (χ4n) is 8.85. The second kappa shape index (κ2) is 15.8. The molecule has 4 atom stereocenters. The Morgan fingerprint density at radius 3 is 2.07 bits per heavy atom. The van der Waals surface area contributed by atoms with Gasteiger partial charge in [0.15, 0.2) is 25.5 Å². The van der Waals surface area contributed by atoms with Crippen molar-refractivity contribution in [2.45, 2.75) is 103 Å². The van der Waals surface area contributed by atoms with Gasteiger partial charge in [-0.25, -0.2) is 4.39 Å². The number of halogens is 1. The summed E-state index contributed by atoms with van der Waals surface area (Å²) in [6.45, 7) is 14.6. The number of nitrogens with zero attached hydrogens (tertiary/aromatic N) is 2. The van der Waals surface area contributed by atoms with Crippen LogP contribution in [0.15, 0.2) is 83.6 Å². The molecule has 0 aliphatic heterocycles. The number of primary amides is 1. The third-order valence-electron chi connectivity index (χ3n) is 12.7. The zero-order valence-electron chi connectivity index (χ0n) is 35.2. The minimum atomic E-state index is -3.05. The topological polar surface area (TPSA) is 143 Å². The lowest BCUT2D eigenvalue weighted by Crippen LogP contribution is -2.70. The van der Waals surface area contributed by atoms with Crippen LogP contribution >= 0.6 is 0 Å². The molecule has 3 aromatic carbocycles. The van der Waals surface area contributed by atoms with Gasteiger partial charge < -0.3 is 30.0 Å². The Bertz CT molecular complexity index is 2120. The van der Waals surface area contributed by atoms with Crippen molar-refractivity contribution in [2.75, 3.05) is 25.6 Å². The molecule has 6 rings (SSSR count). The van der Waals surface area contributed by atoms with Crippen molar-refractivity contribution < 1.29 is 38.1 Å². The molecule has 12 heteroatoms. The largest absolute Gasteiger partial charge is 0.508 e. The molecule has 0 spiro atoms. The van der Waals surface area contributed by atoms with Gasteiger partial charge in [-0.1, -0.05) is 102 Å². The average Bonchev–Trinajstić information content (AvgIpc) is 3.13. The molecule has 3 aromatic rings. The minimum Gasteiger partial charge on any atom is -0.508 e. The number of fused-ring (bicyclic) bond motifs is 3. The molecule has 3 aliphatic carbocycles. The first-order valence-electron chi connectivity index (χ1n) is 20.1. The highest BCUT2D eigenvalue weighted by molar-refractivity contribution is 6.74. The summed E-state index contributed by atoms with van der Waals surface area (Å²) in [7, 11) is 0.263. The van der Waals surface area contributed by atoms with E-state index in [9.17, 15) is 19.8 Å². The number of aliphatic hydroxyl groups is 2. The van der Waals surface area contributed by atoms with E-state index in [4.69, 9.17) is 14.9 Å². The van der Waals surface area contributed by atoms with Gasteiger partial charge in [0, 0.05) is 41.6 Å². The van der Waals surface area contributed by atoms with Crippen LogP contribution in [0.25, 0.3) is 5.76 Å². The molecule has 0 radical (unpaired) electrons. The van der Waals surface area contributed by atoms with Crippen LogP contribution in [0, 0.1) is 17.2 Å². The summed E-state index contributed by atoms with van der Waals surface area (Å²) in [5.74, 6) is -5.39. The molecule has 0 aromatic heterocycles. The number of unbranched alkanes of at least 4 members (excludes halogenated alkanes) is 1. The molecule has 0 heterocycles. The van der Waals surface area contributed by atoms with Crippen molar-refractivity contribution in [3.63, 3.8) is 0 Å². The fraction of sp³-hybridized carbons (Fsp3) is 0.457. The van der Waals surface area contributed by atoms with Crippen molar-refractivity contribution >= 4 is 37.2 Å². The number of nitrogens with two attached hydrogens (primary N) is 1. The van der Waals surface area contributed by atoms with Crippen molar-refractivity contribution in [2.24, 2.45) is 17.1 Å². The zero-order valence-corrected chi connectivity index (χ0v) is 36.2. The molecule has 310 valence electrons. The number of carbonyl (C=O) groups excluding carboxylic acids is 3. The fourth-order valence-corrected chi connectivity index (χ4v) is 10.3.